The lowest BCUT2D eigenvalue weighted by atomic mass is 9.86. The average Bonchev–Trinajstić information content (AvgIpc) is 2.54. The molecule has 3 nitrogen and oxygen atoms in total. The van der Waals surface area contributed by atoms with Crippen molar-refractivity contribution in [3.63, 3.8) is 0 Å². The van der Waals surface area contributed by atoms with E-state index in [9.17, 15) is 0 Å². The zero-order chi connectivity index (χ0) is 10.6. The standard InChI is InChI=1S/C11H21N3/c1-5-13-10(11(2,3)4)8-14-7-6-12-9-14/h6-7,9-10,13H,5,8H2,1-4H3/t10-/m1/s1. The van der Waals surface area contributed by atoms with Crippen LogP contribution in [0.4, 0.5) is 0 Å². The first-order chi connectivity index (χ1) is 6.54. The quantitative estimate of drug-likeness (QED) is 0.795. The maximum absolute atomic E-state index is 4.05. The Morgan fingerprint density at radius 3 is 2.57 bits per heavy atom. The average molecular weight is 195 g/mol. The molecule has 0 bridgehead atoms. The van der Waals surface area contributed by atoms with E-state index in [4.69, 9.17) is 0 Å². The fraction of sp³-hybridized carbons (Fsp3) is 0.727. The molecule has 0 amide bonds. The van der Waals surface area contributed by atoms with Gasteiger partial charge in [0.2, 0.25) is 0 Å². The summed E-state index contributed by atoms with van der Waals surface area (Å²) in [5.74, 6) is 0. The summed E-state index contributed by atoms with van der Waals surface area (Å²) in [6.45, 7) is 10.9. The highest BCUT2D eigenvalue weighted by Crippen LogP contribution is 2.20. The number of nitrogens with zero attached hydrogens (tertiary/aromatic N) is 2. The van der Waals surface area contributed by atoms with E-state index in [0.29, 0.717) is 6.04 Å². The molecule has 0 unspecified atom stereocenters. The number of aromatic nitrogens is 2. The lowest BCUT2D eigenvalue weighted by molar-refractivity contribution is 0.245. The fourth-order valence-electron chi connectivity index (χ4n) is 1.50. The van der Waals surface area contributed by atoms with Crippen LogP contribution in [0, 0.1) is 5.41 Å². The van der Waals surface area contributed by atoms with Crippen LogP contribution in [0.5, 0.6) is 0 Å². The molecule has 0 saturated heterocycles. The van der Waals surface area contributed by atoms with Crippen LogP contribution in [0.3, 0.4) is 0 Å². The lowest BCUT2D eigenvalue weighted by Crippen LogP contribution is -2.43. The molecule has 0 spiro atoms. The third-order valence-electron chi connectivity index (χ3n) is 2.45. The lowest BCUT2D eigenvalue weighted by Gasteiger charge is -2.31. The molecule has 1 heterocycles. The van der Waals surface area contributed by atoms with Gasteiger partial charge in [-0.25, -0.2) is 4.98 Å². The molecule has 1 N–H and O–H groups in total. The van der Waals surface area contributed by atoms with Crippen LogP contribution in [0.1, 0.15) is 27.7 Å². The summed E-state index contributed by atoms with van der Waals surface area (Å²) in [5.41, 5.74) is 0.278. The molecule has 1 atom stereocenters. The van der Waals surface area contributed by atoms with Crippen molar-refractivity contribution in [2.75, 3.05) is 6.54 Å². The highest BCUT2D eigenvalue weighted by molar-refractivity contribution is 4.84. The Hall–Kier alpha value is -0.830. The summed E-state index contributed by atoms with van der Waals surface area (Å²) in [7, 11) is 0. The Bertz CT molecular complexity index is 246. The zero-order valence-electron chi connectivity index (χ0n) is 9.62. The molecule has 0 aliphatic heterocycles. The SMILES string of the molecule is CCN[C@H](Cn1ccnc1)C(C)(C)C. The van der Waals surface area contributed by atoms with Gasteiger partial charge < -0.3 is 9.88 Å². The minimum absolute atomic E-state index is 0.278. The van der Waals surface area contributed by atoms with E-state index in [1.165, 1.54) is 0 Å². The van der Waals surface area contributed by atoms with Crippen molar-refractivity contribution in [2.45, 2.75) is 40.3 Å². The number of imidazole rings is 1. The molecular weight excluding hydrogens is 174 g/mol. The fourth-order valence-corrected chi connectivity index (χ4v) is 1.50. The van der Waals surface area contributed by atoms with Crippen molar-refractivity contribution in [3.8, 4) is 0 Å². The van der Waals surface area contributed by atoms with Gasteiger partial charge in [0.05, 0.1) is 6.33 Å². The van der Waals surface area contributed by atoms with E-state index in [-0.39, 0.29) is 5.41 Å². The van der Waals surface area contributed by atoms with Gasteiger partial charge in [-0.05, 0) is 12.0 Å². The second kappa shape index (κ2) is 4.60. The third-order valence-corrected chi connectivity index (χ3v) is 2.45. The number of nitrogens with one attached hydrogen (secondary N) is 1. The Labute approximate surface area is 86.5 Å². The van der Waals surface area contributed by atoms with E-state index in [1.807, 2.05) is 18.7 Å². The van der Waals surface area contributed by atoms with Gasteiger partial charge in [-0.2, -0.15) is 0 Å². The smallest absolute Gasteiger partial charge is 0.0946 e. The van der Waals surface area contributed by atoms with Crippen LogP contribution in [-0.4, -0.2) is 22.1 Å². The summed E-state index contributed by atoms with van der Waals surface area (Å²) in [5, 5.41) is 3.51. The maximum Gasteiger partial charge on any atom is 0.0946 e. The molecule has 0 aromatic carbocycles. The van der Waals surface area contributed by atoms with Gasteiger partial charge in [0.1, 0.15) is 0 Å². The van der Waals surface area contributed by atoms with Gasteiger partial charge in [0, 0.05) is 25.0 Å². The predicted octanol–water partition coefficient (Wildman–Crippen LogP) is 1.91. The van der Waals surface area contributed by atoms with Gasteiger partial charge in [-0.3, -0.25) is 0 Å². The van der Waals surface area contributed by atoms with Crippen molar-refractivity contribution in [1.29, 1.82) is 0 Å². The van der Waals surface area contributed by atoms with Gasteiger partial charge >= 0.3 is 0 Å². The summed E-state index contributed by atoms with van der Waals surface area (Å²) < 4.78 is 2.12. The van der Waals surface area contributed by atoms with Crippen molar-refractivity contribution in [3.05, 3.63) is 18.7 Å². The van der Waals surface area contributed by atoms with Crippen molar-refractivity contribution in [1.82, 2.24) is 14.9 Å². The van der Waals surface area contributed by atoms with Crippen molar-refractivity contribution < 1.29 is 0 Å². The topological polar surface area (TPSA) is 29.9 Å². The van der Waals surface area contributed by atoms with Gasteiger partial charge in [0.25, 0.3) is 0 Å². The maximum atomic E-state index is 4.05. The first kappa shape index (κ1) is 11.2. The van der Waals surface area contributed by atoms with Gasteiger partial charge in [-0.15, -0.1) is 0 Å². The van der Waals surface area contributed by atoms with E-state index >= 15 is 0 Å². The normalized spacial score (nSPS) is 14.3. The molecular formula is C11H21N3. The van der Waals surface area contributed by atoms with Crippen LogP contribution < -0.4 is 5.32 Å². The molecule has 0 aliphatic carbocycles. The van der Waals surface area contributed by atoms with Crippen molar-refractivity contribution >= 4 is 0 Å². The molecule has 80 valence electrons. The molecule has 0 saturated carbocycles. The number of hydrogen-bond acceptors (Lipinski definition) is 2. The summed E-state index contributed by atoms with van der Waals surface area (Å²) in [6, 6.07) is 0.488. The molecule has 1 aromatic heterocycles. The Morgan fingerprint density at radius 1 is 1.43 bits per heavy atom. The summed E-state index contributed by atoms with van der Waals surface area (Å²) in [4.78, 5) is 4.05. The molecule has 3 heteroatoms. The van der Waals surface area contributed by atoms with Crippen molar-refractivity contribution in [2.24, 2.45) is 5.41 Å². The van der Waals surface area contributed by atoms with Crippen LogP contribution in [0.25, 0.3) is 0 Å². The van der Waals surface area contributed by atoms with Crippen LogP contribution in [0.15, 0.2) is 18.7 Å². The predicted molar refractivity (Wildman–Crippen MR) is 59.1 cm³/mol. The number of hydrogen-bond donors (Lipinski definition) is 1. The van der Waals surface area contributed by atoms with E-state index in [2.05, 4.69) is 42.6 Å². The Balaban J connectivity index is 2.60. The first-order valence-electron chi connectivity index (χ1n) is 5.23. The molecule has 0 aliphatic rings. The van der Waals surface area contributed by atoms with E-state index < -0.39 is 0 Å². The monoisotopic (exact) mass is 195 g/mol. The molecule has 0 fully saturated rings. The third kappa shape index (κ3) is 3.14. The Morgan fingerprint density at radius 2 is 2.14 bits per heavy atom. The second-order valence-electron chi connectivity index (χ2n) is 4.74. The van der Waals surface area contributed by atoms with E-state index in [0.717, 1.165) is 13.1 Å². The highest BCUT2D eigenvalue weighted by atomic mass is 15.1. The van der Waals surface area contributed by atoms with E-state index in [1.54, 1.807) is 0 Å². The molecule has 14 heavy (non-hydrogen) atoms. The number of rotatable bonds is 4. The summed E-state index contributed by atoms with van der Waals surface area (Å²) in [6.07, 6.45) is 5.71. The Kier molecular flexibility index (Phi) is 3.69. The number of likely N-dealkylation sites (N-methyl/N-ethyl adjacent to an activating group) is 1. The van der Waals surface area contributed by atoms with Crippen LogP contribution in [0.2, 0.25) is 0 Å². The summed E-state index contributed by atoms with van der Waals surface area (Å²) >= 11 is 0. The molecule has 0 radical (unpaired) electrons. The molecule has 1 rings (SSSR count). The first-order valence-corrected chi connectivity index (χ1v) is 5.23. The minimum atomic E-state index is 0.278. The van der Waals surface area contributed by atoms with Crippen LogP contribution in [-0.2, 0) is 6.54 Å². The van der Waals surface area contributed by atoms with Gasteiger partial charge in [-0.1, -0.05) is 27.7 Å². The largest absolute Gasteiger partial charge is 0.336 e. The van der Waals surface area contributed by atoms with Gasteiger partial charge in [0.15, 0.2) is 0 Å². The van der Waals surface area contributed by atoms with Crippen LogP contribution >= 0.6 is 0 Å². The minimum Gasteiger partial charge on any atom is -0.336 e. The zero-order valence-corrected chi connectivity index (χ0v) is 9.62. The second-order valence-corrected chi connectivity index (χ2v) is 4.74. The molecule has 1 aromatic rings. The highest BCUT2D eigenvalue weighted by Gasteiger charge is 2.23.